The van der Waals surface area contributed by atoms with Crippen molar-refractivity contribution < 1.29 is 13.2 Å². The summed E-state index contributed by atoms with van der Waals surface area (Å²) in [5.41, 5.74) is 0.00954. The van der Waals surface area contributed by atoms with Crippen molar-refractivity contribution in [1.82, 2.24) is 0 Å². The summed E-state index contributed by atoms with van der Waals surface area (Å²) >= 11 is 0. The normalized spacial score (nSPS) is 16.8. The van der Waals surface area contributed by atoms with Crippen LogP contribution in [0.4, 0.5) is 13.2 Å². The molecule has 0 aliphatic rings. The molecule has 116 valence electrons. The Balaban J connectivity index is 5.42. The summed E-state index contributed by atoms with van der Waals surface area (Å²) in [5, 5.41) is 0. The molecular formula is C17H27F3. The third-order valence-corrected chi connectivity index (χ3v) is 3.17. The largest absolute Gasteiger partial charge is 0.209 e. The van der Waals surface area contributed by atoms with Crippen LogP contribution in [0.1, 0.15) is 54.9 Å². The molecule has 0 saturated heterocycles. The minimum absolute atomic E-state index is 0.00838. The zero-order valence-electron chi connectivity index (χ0n) is 13.7. The molecule has 0 spiro atoms. The van der Waals surface area contributed by atoms with E-state index in [0.717, 1.165) is 13.3 Å². The van der Waals surface area contributed by atoms with Gasteiger partial charge in [-0.3, -0.25) is 0 Å². The number of halogens is 3. The van der Waals surface area contributed by atoms with Gasteiger partial charge in [-0.05, 0) is 35.7 Å². The summed E-state index contributed by atoms with van der Waals surface area (Å²) < 4.78 is 40.0. The van der Waals surface area contributed by atoms with Crippen LogP contribution >= 0.6 is 0 Å². The lowest BCUT2D eigenvalue weighted by Crippen LogP contribution is -2.27. The van der Waals surface area contributed by atoms with Crippen molar-refractivity contribution in [3.05, 3.63) is 35.7 Å². The van der Waals surface area contributed by atoms with E-state index < -0.39 is 17.5 Å². The van der Waals surface area contributed by atoms with Gasteiger partial charge in [0, 0.05) is 6.08 Å². The van der Waals surface area contributed by atoms with E-state index in [4.69, 9.17) is 0 Å². The molecule has 0 aliphatic carbocycles. The van der Waals surface area contributed by atoms with E-state index in [1.54, 1.807) is 0 Å². The van der Waals surface area contributed by atoms with E-state index in [-0.39, 0.29) is 22.3 Å². The maximum absolute atomic E-state index is 14.1. The molecular weight excluding hydrogens is 261 g/mol. The molecule has 0 nitrogen and oxygen atoms in total. The second-order valence-electron chi connectivity index (χ2n) is 7.58. The van der Waals surface area contributed by atoms with Crippen molar-refractivity contribution in [2.24, 2.45) is 16.7 Å². The fourth-order valence-corrected chi connectivity index (χ4v) is 2.03. The Hall–Kier alpha value is -0.990. The van der Waals surface area contributed by atoms with Crippen LogP contribution in [0.5, 0.6) is 0 Å². The molecule has 0 aromatic carbocycles. The van der Waals surface area contributed by atoms with E-state index in [2.05, 4.69) is 27.4 Å². The van der Waals surface area contributed by atoms with Gasteiger partial charge in [-0.1, -0.05) is 48.1 Å². The molecule has 0 bridgehead atoms. The molecule has 0 aromatic heterocycles. The second-order valence-corrected chi connectivity index (χ2v) is 7.58. The van der Waals surface area contributed by atoms with Crippen molar-refractivity contribution in [2.75, 3.05) is 0 Å². The average molecular weight is 288 g/mol. The van der Waals surface area contributed by atoms with Crippen LogP contribution in [0.2, 0.25) is 0 Å². The maximum atomic E-state index is 14.1. The van der Waals surface area contributed by atoms with Gasteiger partial charge in [0.15, 0.2) is 5.83 Å². The predicted molar refractivity (Wildman–Crippen MR) is 80.3 cm³/mol. The third-order valence-electron chi connectivity index (χ3n) is 3.17. The zero-order valence-corrected chi connectivity index (χ0v) is 13.7. The topological polar surface area (TPSA) is 0 Å². The Morgan fingerprint density at radius 1 is 1.05 bits per heavy atom. The molecule has 1 atom stereocenters. The lowest BCUT2D eigenvalue weighted by Gasteiger charge is -2.36. The molecule has 0 amide bonds. The molecule has 0 aliphatic heterocycles. The highest BCUT2D eigenvalue weighted by Gasteiger charge is 2.32. The van der Waals surface area contributed by atoms with Gasteiger partial charge < -0.3 is 0 Å². The van der Waals surface area contributed by atoms with E-state index in [1.165, 1.54) is 0 Å². The van der Waals surface area contributed by atoms with Gasteiger partial charge >= 0.3 is 0 Å². The fraction of sp³-hybridized carbons (Fsp3) is 0.647. The first kappa shape index (κ1) is 19.0. The Kier molecular flexibility index (Phi) is 6.31. The summed E-state index contributed by atoms with van der Waals surface area (Å²) in [4.78, 5) is 0. The number of allylic oxidation sites excluding steroid dienone is 5. The van der Waals surface area contributed by atoms with Crippen LogP contribution in [0, 0.1) is 16.7 Å². The van der Waals surface area contributed by atoms with Gasteiger partial charge in [-0.25, -0.2) is 13.2 Å². The quantitative estimate of drug-likeness (QED) is 0.507. The van der Waals surface area contributed by atoms with Crippen LogP contribution in [0.15, 0.2) is 35.7 Å². The van der Waals surface area contributed by atoms with Crippen molar-refractivity contribution in [3.63, 3.8) is 0 Å². The first-order chi connectivity index (χ1) is 8.75. The summed E-state index contributed by atoms with van der Waals surface area (Å²) in [6.07, 6.45) is 1.30. The summed E-state index contributed by atoms with van der Waals surface area (Å²) in [6.45, 7) is 16.9. The molecule has 0 aromatic rings. The average Bonchev–Trinajstić information content (AvgIpc) is 2.21. The van der Waals surface area contributed by atoms with Gasteiger partial charge in [0.1, 0.15) is 11.7 Å². The van der Waals surface area contributed by atoms with Crippen LogP contribution in [0.25, 0.3) is 0 Å². The van der Waals surface area contributed by atoms with E-state index in [9.17, 15) is 13.2 Å². The highest BCUT2D eigenvalue weighted by molar-refractivity contribution is 5.32. The van der Waals surface area contributed by atoms with Crippen molar-refractivity contribution in [3.8, 4) is 0 Å². The molecule has 0 radical (unpaired) electrons. The second kappa shape index (κ2) is 6.64. The van der Waals surface area contributed by atoms with Crippen LogP contribution in [-0.4, -0.2) is 0 Å². The van der Waals surface area contributed by atoms with Crippen molar-refractivity contribution in [2.45, 2.75) is 54.9 Å². The van der Waals surface area contributed by atoms with Crippen LogP contribution < -0.4 is 0 Å². The molecule has 3 heteroatoms. The number of hydrogen-bond donors (Lipinski definition) is 0. The minimum atomic E-state index is -1.19. The Morgan fingerprint density at radius 2 is 1.50 bits per heavy atom. The smallest absolute Gasteiger partial charge is 0.157 e. The SMILES string of the molecule is C=C(/C(F)=C\C(F)=C(/C)F)C(CC(C)(C)C)C(C)(C)C. The van der Waals surface area contributed by atoms with Gasteiger partial charge in [0.2, 0.25) is 0 Å². The highest BCUT2D eigenvalue weighted by atomic mass is 19.2. The van der Waals surface area contributed by atoms with E-state index >= 15 is 0 Å². The minimum Gasteiger partial charge on any atom is -0.209 e. The highest BCUT2D eigenvalue weighted by Crippen LogP contribution is 2.42. The Labute approximate surface area is 121 Å². The molecule has 20 heavy (non-hydrogen) atoms. The number of rotatable bonds is 4. The molecule has 0 saturated carbocycles. The molecule has 0 rings (SSSR count). The lowest BCUT2D eigenvalue weighted by atomic mass is 9.69. The van der Waals surface area contributed by atoms with Crippen molar-refractivity contribution >= 4 is 0 Å². The van der Waals surface area contributed by atoms with E-state index in [1.807, 2.05) is 20.8 Å². The van der Waals surface area contributed by atoms with Gasteiger partial charge in [-0.15, -0.1) is 0 Å². The molecule has 0 N–H and O–H groups in total. The first-order valence-electron chi connectivity index (χ1n) is 6.84. The molecule has 0 heterocycles. The lowest BCUT2D eigenvalue weighted by molar-refractivity contribution is 0.195. The summed E-state index contributed by atoms with van der Waals surface area (Å²) in [7, 11) is 0. The molecule has 1 unspecified atom stereocenters. The maximum Gasteiger partial charge on any atom is 0.157 e. The molecule has 0 fully saturated rings. The standard InChI is InChI=1S/C17H27F3/c1-11(14(19)9-15(20)12(2)18)13(17(6,7)8)10-16(3,4)5/h9,13H,1,10H2,2-8H3/b14-9+,15-12-. The third kappa shape index (κ3) is 6.44. The van der Waals surface area contributed by atoms with E-state index in [0.29, 0.717) is 6.08 Å². The Bertz CT molecular complexity index is 410. The van der Waals surface area contributed by atoms with Crippen LogP contribution in [0.3, 0.4) is 0 Å². The van der Waals surface area contributed by atoms with Crippen LogP contribution in [-0.2, 0) is 0 Å². The first-order valence-corrected chi connectivity index (χ1v) is 6.84. The predicted octanol–water partition coefficient (Wildman–Crippen LogP) is 6.67. The summed E-state index contributed by atoms with van der Waals surface area (Å²) in [6, 6.07) is 0. The fourth-order valence-electron chi connectivity index (χ4n) is 2.03. The Morgan fingerprint density at radius 3 is 1.80 bits per heavy atom. The van der Waals surface area contributed by atoms with Crippen molar-refractivity contribution in [1.29, 1.82) is 0 Å². The number of hydrogen-bond acceptors (Lipinski definition) is 0. The van der Waals surface area contributed by atoms with Gasteiger partial charge in [0.25, 0.3) is 0 Å². The van der Waals surface area contributed by atoms with Gasteiger partial charge in [0.05, 0.1) is 0 Å². The van der Waals surface area contributed by atoms with Gasteiger partial charge in [-0.2, -0.15) is 0 Å². The summed E-state index contributed by atoms with van der Waals surface area (Å²) in [5.74, 6) is -3.15. The zero-order chi connectivity index (χ0) is 16.3. The monoisotopic (exact) mass is 288 g/mol.